The highest BCUT2D eigenvalue weighted by Gasteiger charge is 2.24. The molecule has 1 aromatic carbocycles. The van der Waals surface area contributed by atoms with Crippen molar-refractivity contribution in [2.45, 2.75) is 19.4 Å². The maximum absolute atomic E-state index is 9.69. The Morgan fingerprint density at radius 3 is 2.78 bits per heavy atom. The summed E-state index contributed by atoms with van der Waals surface area (Å²) in [7, 11) is 0. The van der Waals surface area contributed by atoms with Gasteiger partial charge in [-0.3, -0.25) is 0 Å². The maximum Gasteiger partial charge on any atom is 0.157 e. The Bertz CT molecular complexity index is 591. The van der Waals surface area contributed by atoms with Gasteiger partial charge in [0.25, 0.3) is 0 Å². The molecule has 3 nitrogen and oxygen atoms in total. The van der Waals surface area contributed by atoms with Crippen LogP contribution in [-0.4, -0.2) is 16.8 Å². The minimum atomic E-state index is -0.0448. The second-order valence-electron chi connectivity index (χ2n) is 4.64. The summed E-state index contributed by atoms with van der Waals surface area (Å²) in [6.45, 7) is 2.99. The number of hydrogen-bond donors (Lipinski definition) is 3. The Morgan fingerprint density at radius 1 is 1.28 bits per heavy atom. The van der Waals surface area contributed by atoms with Gasteiger partial charge >= 0.3 is 0 Å². The van der Waals surface area contributed by atoms with E-state index in [4.69, 9.17) is 0 Å². The molecule has 1 aromatic heterocycles. The van der Waals surface area contributed by atoms with E-state index in [0.29, 0.717) is 0 Å². The van der Waals surface area contributed by atoms with Crippen molar-refractivity contribution in [2.75, 3.05) is 6.54 Å². The van der Waals surface area contributed by atoms with Crippen molar-refractivity contribution in [3.05, 3.63) is 45.1 Å². The molecule has 1 aliphatic rings. The Morgan fingerprint density at radius 2 is 2.06 bits per heavy atom. The Labute approximate surface area is 110 Å². The van der Waals surface area contributed by atoms with Crippen molar-refractivity contribution in [3.8, 4) is 11.5 Å². The molecule has 0 bridgehead atoms. The summed E-state index contributed by atoms with van der Waals surface area (Å²) in [5.74, 6) is -0.0750. The van der Waals surface area contributed by atoms with E-state index >= 15 is 0 Å². The Balaban J connectivity index is 2.12. The number of nitrogens with one attached hydrogen (secondary N) is 1. The van der Waals surface area contributed by atoms with E-state index in [2.05, 4.69) is 23.7 Å². The average Bonchev–Trinajstić information content (AvgIpc) is 2.76. The summed E-state index contributed by atoms with van der Waals surface area (Å²) in [5, 5.41) is 24.8. The van der Waals surface area contributed by atoms with Gasteiger partial charge in [0, 0.05) is 11.4 Å². The number of aromatic hydroxyl groups is 2. The first-order chi connectivity index (χ1) is 8.66. The van der Waals surface area contributed by atoms with Gasteiger partial charge < -0.3 is 15.5 Å². The van der Waals surface area contributed by atoms with Crippen LogP contribution in [0.1, 0.15) is 27.6 Å². The minimum absolute atomic E-state index is 0.0303. The van der Waals surface area contributed by atoms with E-state index in [-0.39, 0.29) is 17.5 Å². The molecule has 18 heavy (non-hydrogen) atoms. The fourth-order valence-electron chi connectivity index (χ4n) is 2.50. The largest absolute Gasteiger partial charge is 0.504 e. The molecule has 94 valence electrons. The van der Waals surface area contributed by atoms with Crippen LogP contribution < -0.4 is 5.32 Å². The first kappa shape index (κ1) is 11.6. The van der Waals surface area contributed by atoms with Crippen molar-refractivity contribution in [1.82, 2.24) is 5.32 Å². The third-order valence-electron chi connectivity index (χ3n) is 3.45. The van der Waals surface area contributed by atoms with Crippen molar-refractivity contribution >= 4 is 11.3 Å². The minimum Gasteiger partial charge on any atom is -0.504 e. The van der Waals surface area contributed by atoms with Crippen LogP contribution in [0.3, 0.4) is 0 Å². The second kappa shape index (κ2) is 4.30. The fraction of sp³-hybridized carbons (Fsp3) is 0.286. The van der Waals surface area contributed by atoms with Crippen LogP contribution in [0.4, 0.5) is 0 Å². The van der Waals surface area contributed by atoms with E-state index in [0.717, 1.165) is 24.1 Å². The molecular weight excluding hydrogens is 246 g/mol. The van der Waals surface area contributed by atoms with E-state index < -0.39 is 0 Å². The zero-order valence-electron chi connectivity index (χ0n) is 10.1. The zero-order chi connectivity index (χ0) is 12.7. The molecule has 0 saturated heterocycles. The van der Waals surface area contributed by atoms with E-state index in [1.165, 1.54) is 10.4 Å². The number of phenolic OH excluding ortho intramolecular Hbond substituents is 2. The summed E-state index contributed by atoms with van der Waals surface area (Å²) < 4.78 is 0. The van der Waals surface area contributed by atoms with Gasteiger partial charge in [0.1, 0.15) is 0 Å². The van der Waals surface area contributed by atoms with Crippen LogP contribution >= 0.6 is 11.3 Å². The number of hydrogen-bond acceptors (Lipinski definition) is 4. The topological polar surface area (TPSA) is 52.5 Å². The van der Waals surface area contributed by atoms with Gasteiger partial charge in [0.15, 0.2) is 11.5 Å². The number of fused-ring (bicyclic) bond motifs is 1. The molecule has 0 unspecified atom stereocenters. The van der Waals surface area contributed by atoms with Crippen LogP contribution in [-0.2, 0) is 6.42 Å². The maximum atomic E-state index is 9.69. The number of rotatable bonds is 1. The molecule has 0 spiro atoms. The highest BCUT2D eigenvalue weighted by atomic mass is 32.1. The van der Waals surface area contributed by atoms with Gasteiger partial charge in [-0.1, -0.05) is 0 Å². The molecule has 0 fully saturated rings. The lowest BCUT2D eigenvalue weighted by molar-refractivity contribution is 0.400. The SMILES string of the molecule is Cc1ccsc1[C@H]1NCCc2cc(O)c(O)cc21. The number of aryl methyl sites for hydroxylation is 1. The van der Waals surface area contributed by atoms with Gasteiger partial charge in [0.2, 0.25) is 0 Å². The molecule has 1 aliphatic heterocycles. The first-order valence-corrected chi connectivity index (χ1v) is 6.87. The third-order valence-corrected chi connectivity index (χ3v) is 4.54. The lowest BCUT2D eigenvalue weighted by Crippen LogP contribution is -2.30. The molecule has 2 aromatic rings. The lowest BCUT2D eigenvalue weighted by atomic mass is 9.92. The standard InChI is InChI=1S/C14H15NO2S/c1-8-3-5-18-14(8)13-10-7-12(17)11(16)6-9(10)2-4-15-13/h3,5-7,13,15-17H,2,4H2,1H3/t13-/m0/s1. The normalized spacial score (nSPS) is 18.6. The van der Waals surface area contributed by atoms with Crippen molar-refractivity contribution in [2.24, 2.45) is 0 Å². The molecular formula is C14H15NO2S. The summed E-state index contributed by atoms with van der Waals surface area (Å²) in [6, 6.07) is 5.60. The van der Waals surface area contributed by atoms with E-state index in [1.807, 2.05) is 0 Å². The molecule has 1 atom stereocenters. The third kappa shape index (κ3) is 1.78. The van der Waals surface area contributed by atoms with Crippen molar-refractivity contribution in [3.63, 3.8) is 0 Å². The van der Waals surface area contributed by atoms with Gasteiger partial charge in [-0.25, -0.2) is 0 Å². The van der Waals surface area contributed by atoms with Gasteiger partial charge in [0.05, 0.1) is 6.04 Å². The Hall–Kier alpha value is -1.52. The smallest absolute Gasteiger partial charge is 0.157 e. The fourth-order valence-corrected chi connectivity index (χ4v) is 3.52. The molecule has 0 amide bonds. The van der Waals surface area contributed by atoms with Crippen LogP contribution in [0.25, 0.3) is 0 Å². The van der Waals surface area contributed by atoms with Crippen LogP contribution in [0.15, 0.2) is 23.6 Å². The Kier molecular flexibility index (Phi) is 2.76. The van der Waals surface area contributed by atoms with Crippen LogP contribution in [0.2, 0.25) is 0 Å². The average molecular weight is 261 g/mol. The number of benzene rings is 1. The van der Waals surface area contributed by atoms with Crippen molar-refractivity contribution in [1.29, 1.82) is 0 Å². The lowest BCUT2D eigenvalue weighted by Gasteiger charge is -2.27. The predicted octanol–water partition coefficient (Wildman–Crippen LogP) is 2.70. The monoisotopic (exact) mass is 261 g/mol. The van der Waals surface area contributed by atoms with Gasteiger partial charge in [-0.15, -0.1) is 11.3 Å². The number of phenols is 2. The summed E-state index contributed by atoms with van der Waals surface area (Å²) in [5.41, 5.74) is 3.45. The van der Waals surface area contributed by atoms with Gasteiger partial charge in [-0.2, -0.15) is 0 Å². The molecule has 4 heteroatoms. The predicted molar refractivity (Wildman–Crippen MR) is 72.4 cm³/mol. The van der Waals surface area contributed by atoms with Crippen LogP contribution in [0, 0.1) is 6.92 Å². The van der Waals surface area contributed by atoms with Gasteiger partial charge in [-0.05, 0) is 53.6 Å². The highest BCUT2D eigenvalue weighted by molar-refractivity contribution is 7.10. The summed E-state index contributed by atoms with van der Waals surface area (Å²) >= 11 is 1.72. The second-order valence-corrected chi connectivity index (χ2v) is 5.59. The molecule has 3 N–H and O–H groups in total. The number of thiophene rings is 1. The highest BCUT2D eigenvalue weighted by Crippen LogP contribution is 2.38. The quantitative estimate of drug-likeness (QED) is 0.692. The molecule has 0 radical (unpaired) electrons. The molecule has 0 saturated carbocycles. The van der Waals surface area contributed by atoms with Crippen molar-refractivity contribution < 1.29 is 10.2 Å². The van der Waals surface area contributed by atoms with E-state index in [1.54, 1.807) is 23.5 Å². The first-order valence-electron chi connectivity index (χ1n) is 5.99. The van der Waals surface area contributed by atoms with E-state index in [9.17, 15) is 10.2 Å². The molecule has 3 rings (SSSR count). The molecule has 2 heterocycles. The zero-order valence-corrected chi connectivity index (χ0v) is 10.9. The molecule has 0 aliphatic carbocycles. The van der Waals surface area contributed by atoms with Crippen LogP contribution in [0.5, 0.6) is 11.5 Å². The summed E-state index contributed by atoms with van der Waals surface area (Å²) in [4.78, 5) is 1.28. The summed E-state index contributed by atoms with van der Waals surface area (Å²) in [6.07, 6.45) is 0.879.